The summed E-state index contributed by atoms with van der Waals surface area (Å²) in [6.45, 7) is 11.1. The molecule has 0 aromatic carbocycles. The number of fused-ring (bicyclic) bond motifs is 1. The Balaban J connectivity index is 1.77. The Morgan fingerprint density at radius 3 is 2.38 bits per heavy atom. The van der Waals surface area contributed by atoms with E-state index in [1.165, 1.54) is 13.8 Å². The van der Waals surface area contributed by atoms with Crippen molar-refractivity contribution >= 4 is 17.9 Å². The third kappa shape index (κ3) is 3.49. The first-order chi connectivity index (χ1) is 15.0. The van der Waals surface area contributed by atoms with E-state index in [-0.39, 0.29) is 34.6 Å². The Bertz CT molecular complexity index is 885. The fourth-order valence-electron chi connectivity index (χ4n) is 6.93. The van der Waals surface area contributed by atoms with Crippen LogP contribution in [0.5, 0.6) is 0 Å². The Morgan fingerprint density at radius 2 is 1.75 bits per heavy atom. The molecule has 7 heteroatoms. The Morgan fingerprint density at radius 1 is 1.06 bits per heavy atom. The normalized spacial score (nSPS) is 39.1. The first-order valence-electron chi connectivity index (χ1n) is 11.6. The zero-order valence-corrected chi connectivity index (χ0v) is 19.8. The van der Waals surface area contributed by atoms with Gasteiger partial charge in [0.25, 0.3) is 0 Å². The molecule has 1 saturated heterocycles. The van der Waals surface area contributed by atoms with Crippen molar-refractivity contribution in [1.82, 2.24) is 0 Å². The van der Waals surface area contributed by atoms with Gasteiger partial charge in [-0.15, -0.1) is 0 Å². The molecule has 3 fully saturated rings. The van der Waals surface area contributed by atoms with Crippen LogP contribution in [-0.4, -0.2) is 36.6 Å². The zero-order chi connectivity index (χ0) is 23.4. The van der Waals surface area contributed by atoms with E-state index in [0.29, 0.717) is 0 Å². The van der Waals surface area contributed by atoms with Crippen LogP contribution in [0.3, 0.4) is 0 Å². The monoisotopic (exact) mass is 446 g/mol. The molecule has 0 amide bonds. The van der Waals surface area contributed by atoms with Gasteiger partial charge < -0.3 is 14.2 Å². The molecule has 1 aliphatic heterocycles. The maximum atomic E-state index is 12.6. The molecule has 0 unspecified atom stereocenters. The Hall–Kier alpha value is -2.15. The van der Waals surface area contributed by atoms with Crippen LogP contribution < -0.4 is 0 Å². The van der Waals surface area contributed by atoms with Crippen molar-refractivity contribution in [3.63, 3.8) is 0 Å². The van der Waals surface area contributed by atoms with E-state index in [9.17, 15) is 14.4 Å². The molecule has 0 aromatic heterocycles. The van der Waals surface area contributed by atoms with Crippen molar-refractivity contribution in [3.05, 3.63) is 23.3 Å². The topological polar surface area (TPSA) is 88.1 Å². The number of allylic oxidation sites excluding steroid dienone is 1. The van der Waals surface area contributed by atoms with Gasteiger partial charge in [-0.05, 0) is 50.0 Å². The van der Waals surface area contributed by atoms with Crippen LogP contribution in [-0.2, 0) is 33.3 Å². The van der Waals surface area contributed by atoms with Crippen LogP contribution in [0.1, 0.15) is 67.2 Å². The molecule has 2 saturated carbocycles. The van der Waals surface area contributed by atoms with Crippen LogP contribution in [0, 0.1) is 28.6 Å². The first kappa shape index (κ1) is 23.0. The molecule has 4 aliphatic rings. The van der Waals surface area contributed by atoms with E-state index in [0.717, 1.165) is 36.8 Å². The molecule has 1 heterocycles. The molecule has 32 heavy (non-hydrogen) atoms. The number of esters is 3. The van der Waals surface area contributed by atoms with Crippen molar-refractivity contribution in [3.8, 4) is 0 Å². The molecule has 7 nitrogen and oxygen atoms in total. The second kappa shape index (κ2) is 8.01. The number of hydrogen-bond donors (Lipinski definition) is 0. The number of carbonyl (C=O) groups is 3. The van der Waals surface area contributed by atoms with Crippen molar-refractivity contribution < 1.29 is 33.3 Å². The minimum atomic E-state index is -0.960. The van der Waals surface area contributed by atoms with Gasteiger partial charge in [-0.3, -0.25) is 14.3 Å². The molecule has 0 aromatic rings. The lowest BCUT2D eigenvalue weighted by atomic mass is 9.63. The van der Waals surface area contributed by atoms with Gasteiger partial charge in [0.05, 0.1) is 0 Å². The van der Waals surface area contributed by atoms with E-state index in [4.69, 9.17) is 18.9 Å². The molecule has 2 bridgehead atoms. The second-order valence-electron chi connectivity index (χ2n) is 10.3. The molecule has 3 aliphatic carbocycles. The summed E-state index contributed by atoms with van der Waals surface area (Å²) in [6.07, 6.45) is 4.74. The summed E-state index contributed by atoms with van der Waals surface area (Å²) in [5.74, 6) is -0.863. The largest absolute Gasteiger partial charge is 0.455 e. The van der Waals surface area contributed by atoms with Gasteiger partial charge in [-0.2, -0.15) is 0 Å². The van der Waals surface area contributed by atoms with E-state index in [1.54, 1.807) is 6.08 Å². The predicted octanol–water partition coefficient (Wildman–Crippen LogP) is 4.06. The highest BCUT2D eigenvalue weighted by atomic mass is 16.8. The van der Waals surface area contributed by atoms with Crippen molar-refractivity contribution in [2.24, 2.45) is 28.6 Å². The zero-order valence-electron chi connectivity index (χ0n) is 19.8. The lowest BCUT2D eigenvalue weighted by molar-refractivity contribution is -0.273. The van der Waals surface area contributed by atoms with Crippen LogP contribution in [0.4, 0.5) is 0 Å². The number of carbonyl (C=O) groups excluding carboxylic acids is 3. The molecule has 4 rings (SSSR count). The molecular weight excluding hydrogens is 412 g/mol. The summed E-state index contributed by atoms with van der Waals surface area (Å²) in [7, 11) is 0. The average molecular weight is 447 g/mol. The summed E-state index contributed by atoms with van der Waals surface area (Å²) in [4.78, 5) is 36.3. The Kier molecular flexibility index (Phi) is 5.76. The standard InChI is InChI=1S/C25H34O7/c1-7-13(2)10-21(28)31-19-11-17-23(30-15(4)27)32-22(29-14(3)26)16-8-9-20-24(5,6)18(19)12-25(16,17)20/h10-11,16,18-20,22-23H,7-9,12H2,1-6H3/b13-10+/t16-,18-,19+,20-,22-,23-,25-/m1/s1. The van der Waals surface area contributed by atoms with E-state index in [1.807, 2.05) is 19.9 Å². The summed E-state index contributed by atoms with van der Waals surface area (Å²) in [5, 5.41) is 0. The van der Waals surface area contributed by atoms with Crippen molar-refractivity contribution in [1.29, 1.82) is 0 Å². The quantitative estimate of drug-likeness (QED) is 0.272. The van der Waals surface area contributed by atoms with Crippen molar-refractivity contribution in [2.45, 2.75) is 85.9 Å². The summed E-state index contributed by atoms with van der Waals surface area (Å²) in [5.41, 5.74) is 1.41. The van der Waals surface area contributed by atoms with Gasteiger partial charge >= 0.3 is 17.9 Å². The number of ether oxygens (including phenoxy) is 4. The van der Waals surface area contributed by atoms with Crippen molar-refractivity contribution in [2.75, 3.05) is 0 Å². The van der Waals surface area contributed by atoms with E-state index >= 15 is 0 Å². The van der Waals surface area contributed by atoms with Gasteiger partial charge in [0.2, 0.25) is 12.6 Å². The molecule has 1 spiro atoms. The molecular formula is C25H34O7. The highest BCUT2D eigenvalue weighted by Gasteiger charge is 2.72. The van der Waals surface area contributed by atoms with Crippen LogP contribution >= 0.6 is 0 Å². The summed E-state index contributed by atoms with van der Waals surface area (Å²) in [6, 6.07) is 0. The lowest BCUT2D eigenvalue weighted by Gasteiger charge is -2.50. The second-order valence-corrected chi connectivity index (χ2v) is 10.3. The van der Waals surface area contributed by atoms with Crippen LogP contribution in [0.2, 0.25) is 0 Å². The first-order valence-corrected chi connectivity index (χ1v) is 11.6. The summed E-state index contributed by atoms with van der Waals surface area (Å²) < 4.78 is 23.1. The van der Waals surface area contributed by atoms with E-state index < -0.39 is 30.6 Å². The third-order valence-corrected chi connectivity index (χ3v) is 8.31. The van der Waals surface area contributed by atoms with Gasteiger partial charge in [0, 0.05) is 42.7 Å². The highest BCUT2D eigenvalue weighted by molar-refractivity contribution is 5.83. The third-order valence-electron chi connectivity index (χ3n) is 8.31. The minimum absolute atomic E-state index is 0.0161. The molecule has 176 valence electrons. The fourth-order valence-corrected chi connectivity index (χ4v) is 6.93. The highest BCUT2D eigenvalue weighted by Crippen LogP contribution is 2.74. The SMILES string of the molecule is CC/C(C)=C/C(=O)O[C@H]1C=C2[C@H](OC(C)=O)O[C@@H](OC(C)=O)[C@H]3CC[C@@H]4C(C)(C)[C@@H]1C[C@]234. The van der Waals surface area contributed by atoms with Gasteiger partial charge in [0.15, 0.2) is 0 Å². The fraction of sp³-hybridized carbons (Fsp3) is 0.720. The Labute approximate surface area is 189 Å². The number of hydrogen-bond acceptors (Lipinski definition) is 7. The van der Waals surface area contributed by atoms with Gasteiger partial charge in [-0.25, -0.2) is 4.79 Å². The number of rotatable bonds is 5. The predicted molar refractivity (Wildman–Crippen MR) is 115 cm³/mol. The van der Waals surface area contributed by atoms with Gasteiger partial charge in [0.1, 0.15) is 6.10 Å². The maximum absolute atomic E-state index is 12.6. The molecule has 0 N–H and O–H groups in total. The maximum Gasteiger partial charge on any atom is 0.331 e. The average Bonchev–Trinajstić information content (AvgIpc) is 3.15. The molecule has 7 atom stereocenters. The molecule has 0 radical (unpaired) electrons. The minimum Gasteiger partial charge on any atom is -0.455 e. The van der Waals surface area contributed by atoms with Crippen LogP contribution in [0.25, 0.3) is 0 Å². The van der Waals surface area contributed by atoms with Crippen LogP contribution in [0.15, 0.2) is 23.3 Å². The smallest absolute Gasteiger partial charge is 0.331 e. The van der Waals surface area contributed by atoms with Gasteiger partial charge in [-0.1, -0.05) is 26.3 Å². The summed E-state index contributed by atoms with van der Waals surface area (Å²) >= 11 is 0. The lowest BCUT2D eigenvalue weighted by Crippen LogP contribution is -2.53. The van der Waals surface area contributed by atoms with E-state index in [2.05, 4.69) is 13.8 Å².